The molecule has 0 radical (unpaired) electrons. The van der Waals surface area contributed by atoms with Crippen molar-refractivity contribution in [1.29, 1.82) is 0 Å². The minimum Gasteiger partial charge on any atom is -0.323 e. The molecule has 0 aromatic carbocycles. The smallest absolute Gasteiger partial charge is 0.241 e. The van der Waals surface area contributed by atoms with Crippen molar-refractivity contribution in [2.75, 3.05) is 0 Å². The third-order valence-corrected chi connectivity index (χ3v) is 4.98. The number of carbonyl (C=O) groups is 1. The number of amides is 1. The summed E-state index contributed by atoms with van der Waals surface area (Å²) < 4.78 is 0. The second kappa shape index (κ2) is 6.93. The van der Waals surface area contributed by atoms with Crippen molar-refractivity contribution in [3.8, 4) is 0 Å². The van der Waals surface area contributed by atoms with Crippen LogP contribution in [-0.4, -0.2) is 29.1 Å². The Morgan fingerprint density at radius 3 is 2.60 bits per heavy atom. The molecule has 2 fully saturated rings. The van der Waals surface area contributed by atoms with Crippen LogP contribution < -0.4 is 5.32 Å². The van der Waals surface area contributed by atoms with E-state index in [2.05, 4.69) is 37.9 Å². The quantitative estimate of drug-likeness (QED) is 0.835. The van der Waals surface area contributed by atoms with Crippen molar-refractivity contribution in [3.05, 3.63) is 0 Å². The van der Waals surface area contributed by atoms with E-state index in [9.17, 15) is 4.79 Å². The molecule has 1 heterocycles. The molecule has 1 N–H and O–H groups in total. The Kier molecular flexibility index (Phi) is 5.48. The van der Waals surface area contributed by atoms with Gasteiger partial charge in [0.1, 0.15) is 0 Å². The van der Waals surface area contributed by atoms with Gasteiger partial charge in [-0.2, -0.15) is 0 Å². The maximum absolute atomic E-state index is 12.8. The Morgan fingerprint density at radius 1 is 1.30 bits per heavy atom. The summed E-state index contributed by atoms with van der Waals surface area (Å²) in [5, 5.41) is 3.62. The highest BCUT2D eigenvalue weighted by molar-refractivity contribution is 5.84. The summed E-state index contributed by atoms with van der Waals surface area (Å²) in [6.45, 7) is 9.00. The zero-order valence-corrected chi connectivity index (χ0v) is 13.7. The summed E-state index contributed by atoms with van der Waals surface area (Å²) >= 11 is 0. The van der Waals surface area contributed by atoms with Gasteiger partial charge in [0.25, 0.3) is 0 Å². The molecule has 20 heavy (non-hydrogen) atoms. The maximum Gasteiger partial charge on any atom is 0.241 e. The predicted molar refractivity (Wildman–Crippen MR) is 83.3 cm³/mol. The fourth-order valence-corrected chi connectivity index (χ4v) is 3.95. The molecule has 116 valence electrons. The van der Waals surface area contributed by atoms with Crippen molar-refractivity contribution in [2.45, 2.75) is 90.9 Å². The van der Waals surface area contributed by atoms with Gasteiger partial charge in [0.15, 0.2) is 0 Å². The third kappa shape index (κ3) is 3.36. The zero-order chi connectivity index (χ0) is 14.7. The Bertz CT molecular complexity index is 329. The van der Waals surface area contributed by atoms with Crippen LogP contribution in [0.1, 0.15) is 72.6 Å². The molecule has 3 nitrogen and oxygen atoms in total. The Hall–Kier alpha value is -0.570. The van der Waals surface area contributed by atoms with Crippen LogP contribution in [0.5, 0.6) is 0 Å². The molecule has 1 amide bonds. The van der Waals surface area contributed by atoms with E-state index in [-0.39, 0.29) is 12.2 Å². The van der Waals surface area contributed by atoms with Gasteiger partial charge in [0, 0.05) is 6.04 Å². The molecule has 0 spiro atoms. The van der Waals surface area contributed by atoms with E-state index in [4.69, 9.17) is 0 Å². The molecule has 1 aliphatic carbocycles. The zero-order valence-electron chi connectivity index (χ0n) is 13.7. The van der Waals surface area contributed by atoms with Crippen molar-refractivity contribution < 1.29 is 4.79 Å². The van der Waals surface area contributed by atoms with Gasteiger partial charge in [0.05, 0.1) is 12.2 Å². The summed E-state index contributed by atoms with van der Waals surface area (Å²) in [5.74, 6) is 1.66. The lowest BCUT2D eigenvalue weighted by molar-refractivity contribution is -0.134. The summed E-state index contributed by atoms with van der Waals surface area (Å²) in [6.07, 6.45) is 8.49. The van der Waals surface area contributed by atoms with E-state index in [1.807, 2.05) is 0 Å². The van der Waals surface area contributed by atoms with Crippen LogP contribution in [0.2, 0.25) is 0 Å². The standard InChI is InChI=1S/C17H32N2O/c1-5-8-14-17(20)19(16(18-14)11-12(2)3)15-10-7-6-9-13(15)4/h12-16,18H,5-11H2,1-4H3. The highest BCUT2D eigenvalue weighted by Crippen LogP contribution is 2.33. The molecule has 2 aliphatic rings. The van der Waals surface area contributed by atoms with Gasteiger partial charge in [-0.15, -0.1) is 0 Å². The number of hydrogen-bond acceptors (Lipinski definition) is 2. The van der Waals surface area contributed by atoms with Crippen molar-refractivity contribution in [3.63, 3.8) is 0 Å². The Morgan fingerprint density at radius 2 is 2.00 bits per heavy atom. The van der Waals surface area contributed by atoms with E-state index in [0.29, 0.717) is 23.8 Å². The van der Waals surface area contributed by atoms with E-state index < -0.39 is 0 Å². The van der Waals surface area contributed by atoms with Crippen LogP contribution in [0.3, 0.4) is 0 Å². The average Bonchev–Trinajstić information content (AvgIpc) is 2.67. The van der Waals surface area contributed by atoms with Gasteiger partial charge in [-0.05, 0) is 37.5 Å². The molecule has 0 bridgehead atoms. The molecule has 1 saturated carbocycles. The molecule has 1 aliphatic heterocycles. The maximum atomic E-state index is 12.8. The van der Waals surface area contributed by atoms with Crippen LogP contribution >= 0.6 is 0 Å². The fourth-order valence-electron chi connectivity index (χ4n) is 3.95. The lowest BCUT2D eigenvalue weighted by Gasteiger charge is -2.39. The molecule has 4 atom stereocenters. The molecule has 1 saturated heterocycles. The highest BCUT2D eigenvalue weighted by Gasteiger charge is 2.43. The topological polar surface area (TPSA) is 32.3 Å². The predicted octanol–water partition coefficient (Wildman–Crippen LogP) is 3.54. The van der Waals surface area contributed by atoms with Gasteiger partial charge < -0.3 is 4.90 Å². The van der Waals surface area contributed by atoms with Crippen molar-refractivity contribution >= 4 is 5.91 Å². The first-order chi connectivity index (χ1) is 9.54. The lowest BCUT2D eigenvalue weighted by atomic mass is 9.84. The number of rotatable bonds is 5. The molecule has 3 heteroatoms. The van der Waals surface area contributed by atoms with Gasteiger partial charge in [-0.1, -0.05) is 47.0 Å². The second-order valence-electron chi connectivity index (χ2n) is 7.23. The number of carbonyl (C=O) groups excluding carboxylic acids is 1. The first kappa shape index (κ1) is 15.8. The fraction of sp³-hybridized carbons (Fsp3) is 0.941. The van der Waals surface area contributed by atoms with E-state index in [1.165, 1.54) is 25.7 Å². The summed E-state index contributed by atoms with van der Waals surface area (Å²) in [5.41, 5.74) is 0. The summed E-state index contributed by atoms with van der Waals surface area (Å²) in [4.78, 5) is 15.0. The largest absolute Gasteiger partial charge is 0.323 e. The van der Waals surface area contributed by atoms with E-state index in [1.54, 1.807) is 0 Å². The van der Waals surface area contributed by atoms with Crippen molar-refractivity contribution in [1.82, 2.24) is 10.2 Å². The molecule has 0 aromatic heterocycles. The molecular formula is C17H32N2O. The minimum absolute atomic E-state index is 0.0675. The van der Waals surface area contributed by atoms with Gasteiger partial charge in [-0.25, -0.2) is 0 Å². The average molecular weight is 280 g/mol. The van der Waals surface area contributed by atoms with Crippen LogP contribution in [0.15, 0.2) is 0 Å². The first-order valence-corrected chi connectivity index (χ1v) is 8.62. The lowest BCUT2D eigenvalue weighted by Crippen LogP contribution is -2.49. The molecule has 4 unspecified atom stereocenters. The van der Waals surface area contributed by atoms with Gasteiger partial charge in [0.2, 0.25) is 5.91 Å². The van der Waals surface area contributed by atoms with Crippen molar-refractivity contribution in [2.24, 2.45) is 11.8 Å². The number of nitrogens with one attached hydrogen (secondary N) is 1. The molecule has 2 rings (SSSR count). The summed E-state index contributed by atoms with van der Waals surface area (Å²) in [6, 6.07) is 0.534. The van der Waals surface area contributed by atoms with Crippen LogP contribution in [0, 0.1) is 11.8 Å². The monoisotopic (exact) mass is 280 g/mol. The van der Waals surface area contributed by atoms with Crippen LogP contribution in [0.4, 0.5) is 0 Å². The van der Waals surface area contributed by atoms with Crippen LogP contribution in [-0.2, 0) is 4.79 Å². The first-order valence-electron chi connectivity index (χ1n) is 8.62. The minimum atomic E-state index is 0.0675. The number of nitrogens with zero attached hydrogens (tertiary/aromatic N) is 1. The van der Waals surface area contributed by atoms with Crippen LogP contribution in [0.25, 0.3) is 0 Å². The second-order valence-corrected chi connectivity index (χ2v) is 7.23. The van der Waals surface area contributed by atoms with E-state index in [0.717, 1.165) is 19.3 Å². The normalized spacial score (nSPS) is 35.0. The molecule has 0 aromatic rings. The summed E-state index contributed by atoms with van der Waals surface area (Å²) in [7, 11) is 0. The molecular weight excluding hydrogens is 248 g/mol. The van der Waals surface area contributed by atoms with Gasteiger partial charge >= 0.3 is 0 Å². The third-order valence-electron chi connectivity index (χ3n) is 4.98. The Balaban J connectivity index is 2.13. The Labute approximate surface area is 124 Å². The SMILES string of the molecule is CCCC1NC(CC(C)C)N(C2CCCCC2C)C1=O. The highest BCUT2D eigenvalue weighted by atomic mass is 16.2. The number of hydrogen-bond donors (Lipinski definition) is 1. The van der Waals surface area contributed by atoms with Gasteiger partial charge in [-0.3, -0.25) is 10.1 Å². The van der Waals surface area contributed by atoms with E-state index >= 15 is 0 Å².